The van der Waals surface area contributed by atoms with Gasteiger partial charge in [-0.15, -0.1) is 0 Å². The van der Waals surface area contributed by atoms with Crippen LogP contribution in [0.25, 0.3) is 0 Å². The fraction of sp³-hybridized carbons (Fsp3) is 0.938. The van der Waals surface area contributed by atoms with Crippen molar-refractivity contribution in [3.05, 3.63) is 12.2 Å². The molecule has 4 unspecified atom stereocenters. The van der Waals surface area contributed by atoms with Crippen LogP contribution in [0.15, 0.2) is 12.2 Å². The Morgan fingerprint density at radius 2 is 0.741 bits per heavy atom. The van der Waals surface area contributed by atoms with Crippen molar-refractivity contribution in [1.82, 2.24) is 5.32 Å². The number of aliphatic hydroxyl groups excluding tert-OH is 4. The van der Waals surface area contributed by atoms with Gasteiger partial charge in [0.05, 0.1) is 18.8 Å². The Bertz CT molecular complexity index is 776. The first-order valence-electron chi connectivity index (χ1n) is 24.1. The minimum atomic E-state index is -1.26. The lowest BCUT2D eigenvalue weighted by molar-refractivity contribution is -0.132. The molecule has 0 spiro atoms. The summed E-state index contributed by atoms with van der Waals surface area (Å²) in [6, 6.07) is -0.985. The maximum Gasteiger partial charge on any atom is 0.249 e. The van der Waals surface area contributed by atoms with Gasteiger partial charge >= 0.3 is 0 Å². The molecule has 0 saturated carbocycles. The summed E-state index contributed by atoms with van der Waals surface area (Å²) < 4.78 is 0. The molecule has 0 aromatic heterocycles. The van der Waals surface area contributed by atoms with E-state index < -0.39 is 36.9 Å². The van der Waals surface area contributed by atoms with E-state index in [4.69, 9.17) is 0 Å². The summed E-state index contributed by atoms with van der Waals surface area (Å²) in [4.78, 5) is 12.5. The number of unbranched alkanes of at least 4 members (excludes halogenated alkanes) is 33. The highest BCUT2D eigenvalue weighted by Crippen LogP contribution is 2.17. The average molecular weight is 766 g/mol. The first-order valence-corrected chi connectivity index (χ1v) is 24.1. The monoisotopic (exact) mass is 766 g/mol. The summed E-state index contributed by atoms with van der Waals surface area (Å²) in [5, 5.41) is 43.8. The normalized spacial score (nSPS) is 14.1. The number of aliphatic hydroxyl groups is 4. The van der Waals surface area contributed by atoms with E-state index in [9.17, 15) is 25.2 Å². The molecule has 0 radical (unpaired) electrons. The van der Waals surface area contributed by atoms with Crippen molar-refractivity contribution in [3.63, 3.8) is 0 Å². The third kappa shape index (κ3) is 36.7. The van der Waals surface area contributed by atoms with Gasteiger partial charge in [0.1, 0.15) is 12.2 Å². The molecule has 6 nitrogen and oxygen atoms in total. The molecule has 5 N–H and O–H groups in total. The minimum Gasteiger partial charge on any atom is -0.394 e. The molecule has 4 atom stereocenters. The first kappa shape index (κ1) is 53.0. The van der Waals surface area contributed by atoms with E-state index in [1.54, 1.807) is 0 Å². The molecule has 0 aromatic carbocycles. The molecule has 1 amide bonds. The van der Waals surface area contributed by atoms with Gasteiger partial charge in [0.15, 0.2) is 0 Å². The fourth-order valence-electron chi connectivity index (χ4n) is 7.64. The number of carbonyl (C=O) groups is 1. The summed E-state index contributed by atoms with van der Waals surface area (Å²) in [6.45, 7) is 4.07. The van der Waals surface area contributed by atoms with Crippen LogP contribution >= 0.6 is 0 Å². The molecular weight excluding hydrogens is 671 g/mol. The molecule has 54 heavy (non-hydrogen) atoms. The highest BCUT2D eigenvalue weighted by atomic mass is 16.3. The van der Waals surface area contributed by atoms with E-state index >= 15 is 0 Å². The van der Waals surface area contributed by atoms with Crippen LogP contribution in [-0.4, -0.2) is 57.3 Å². The number of carbonyl (C=O) groups excluding carboxylic acids is 1. The SMILES string of the molecule is CCCCCCCCCC/C=C\CCCCCCCCC(O)C(=O)NC(CO)C(O)C(O)CCCCCCCCCCCCCCCCCCCCCC. The molecule has 0 fully saturated rings. The molecule has 0 rings (SSSR count). The van der Waals surface area contributed by atoms with Gasteiger partial charge in [0.25, 0.3) is 0 Å². The molecule has 0 heterocycles. The van der Waals surface area contributed by atoms with Gasteiger partial charge in [-0.1, -0.05) is 231 Å². The van der Waals surface area contributed by atoms with Crippen LogP contribution in [0.4, 0.5) is 0 Å². The zero-order valence-electron chi connectivity index (χ0n) is 36.2. The topological polar surface area (TPSA) is 110 Å². The Kier molecular flexibility index (Phi) is 42.4. The van der Waals surface area contributed by atoms with Crippen molar-refractivity contribution in [3.8, 4) is 0 Å². The van der Waals surface area contributed by atoms with Crippen LogP contribution in [-0.2, 0) is 4.79 Å². The zero-order valence-corrected chi connectivity index (χ0v) is 36.2. The third-order valence-corrected chi connectivity index (χ3v) is 11.5. The van der Waals surface area contributed by atoms with Crippen LogP contribution in [0.2, 0.25) is 0 Å². The van der Waals surface area contributed by atoms with E-state index in [-0.39, 0.29) is 0 Å². The first-order chi connectivity index (χ1) is 26.5. The average Bonchev–Trinajstić information content (AvgIpc) is 3.18. The standard InChI is InChI=1S/C48H95NO5/c1-3-5-7-9-11-13-15-17-19-21-23-24-26-27-29-31-33-35-37-39-41-45(51)47(53)44(43-50)49-48(54)46(52)42-40-38-36-34-32-30-28-25-22-20-18-16-14-12-10-8-6-4-2/h22,25,44-47,50-53H,3-21,23-24,26-43H2,1-2H3,(H,49,54)/b25-22-. The highest BCUT2D eigenvalue weighted by Gasteiger charge is 2.28. The van der Waals surface area contributed by atoms with Gasteiger partial charge < -0.3 is 25.7 Å². The number of allylic oxidation sites excluding steroid dienone is 2. The molecule has 0 aliphatic carbocycles. The van der Waals surface area contributed by atoms with E-state index in [1.807, 2.05) is 0 Å². The van der Waals surface area contributed by atoms with Gasteiger partial charge in [0, 0.05) is 0 Å². The molecular formula is C48H95NO5. The second-order valence-corrected chi connectivity index (χ2v) is 16.8. The fourth-order valence-corrected chi connectivity index (χ4v) is 7.64. The number of rotatable bonds is 44. The number of nitrogens with one attached hydrogen (secondary N) is 1. The summed E-state index contributed by atoms with van der Waals surface area (Å²) >= 11 is 0. The van der Waals surface area contributed by atoms with Crippen molar-refractivity contribution in [2.24, 2.45) is 0 Å². The Labute approximate surface area is 336 Å². The zero-order chi connectivity index (χ0) is 39.6. The van der Waals surface area contributed by atoms with E-state index in [1.165, 1.54) is 186 Å². The Morgan fingerprint density at radius 1 is 0.444 bits per heavy atom. The van der Waals surface area contributed by atoms with Gasteiger partial charge in [-0.05, 0) is 38.5 Å². The summed E-state index contributed by atoms with van der Waals surface area (Å²) in [7, 11) is 0. The summed E-state index contributed by atoms with van der Waals surface area (Å²) in [6.07, 6.45) is 48.2. The maximum absolute atomic E-state index is 12.5. The van der Waals surface area contributed by atoms with Crippen molar-refractivity contribution < 1.29 is 25.2 Å². The molecule has 0 aromatic rings. The predicted molar refractivity (Wildman–Crippen MR) is 233 cm³/mol. The Balaban J connectivity index is 3.69. The molecule has 0 aliphatic rings. The van der Waals surface area contributed by atoms with Crippen LogP contribution < -0.4 is 5.32 Å². The lowest BCUT2D eigenvalue weighted by Gasteiger charge is -2.27. The van der Waals surface area contributed by atoms with Gasteiger partial charge in [0.2, 0.25) is 5.91 Å². The molecule has 0 saturated heterocycles. The highest BCUT2D eigenvalue weighted by molar-refractivity contribution is 5.80. The van der Waals surface area contributed by atoms with Crippen molar-refractivity contribution in [2.75, 3.05) is 6.61 Å². The smallest absolute Gasteiger partial charge is 0.249 e. The van der Waals surface area contributed by atoms with Gasteiger partial charge in [-0.25, -0.2) is 0 Å². The van der Waals surface area contributed by atoms with Crippen LogP contribution in [0, 0.1) is 0 Å². The number of hydrogen-bond donors (Lipinski definition) is 5. The molecule has 0 bridgehead atoms. The van der Waals surface area contributed by atoms with Gasteiger partial charge in [-0.2, -0.15) is 0 Å². The second-order valence-electron chi connectivity index (χ2n) is 16.8. The Hall–Kier alpha value is -0.950. The minimum absolute atomic E-state index is 0.365. The Morgan fingerprint density at radius 3 is 1.07 bits per heavy atom. The van der Waals surface area contributed by atoms with Crippen LogP contribution in [0.1, 0.15) is 258 Å². The second kappa shape index (κ2) is 43.2. The predicted octanol–water partition coefficient (Wildman–Crippen LogP) is 13.0. The summed E-state index contributed by atoms with van der Waals surface area (Å²) in [5.74, 6) is -0.585. The van der Waals surface area contributed by atoms with Crippen LogP contribution in [0.3, 0.4) is 0 Å². The molecule has 6 heteroatoms. The van der Waals surface area contributed by atoms with Gasteiger partial charge in [-0.3, -0.25) is 4.79 Å². The lowest BCUT2D eigenvalue weighted by atomic mass is 9.99. The summed E-state index contributed by atoms with van der Waals surface area (Å²) in [5.41, 5.74) is 0. The van der Waals surface area contributed by atoms with Crippen molar-refractivity contribution in [1.29, 1.82) is 0 Å². The largest absolute Gasteiger partial charge is 0.394 e. The number of amides is 1. The quantitative estimate of drug-likeness (QED) is 0.0313. The molecule has 0 aliphatic heterocycles. The van der Waals surface area contributed by atoms with E-state index in [2.05, 4.69) is 31.3 Å². The van der Waals surface area contributed by atoms with E-state index in [0.717, 1.165) is 44.9 Å². The van der Waals surface area contributed by atoms with Crippen LogP contribution in [0.5, 0.6) is 0 Å². The third-order valence-electron chi connectivity index (χ3n) is 11.5. The maximum atomic E-state index is 12.5. The lowest BCUT2D eigenvalue weighted by Crippen LogP contribution is -2.53. The molecule has 322 valence electrons. The van der Waals surface area contributed by atoms with E-state index in [0.29, 0.717) is 12.8 Å². The van der Waals surface area contributed by atoms with Crippen molar-refractivity contribution in [2.45, 2.75) is 282 Å². The van der Waals surface area contributed by atoms with Crippen molar-refractivity contribution >= 4 is 5.91 Å². The number of hydrogen-bond acceptors (Lipinski definition) is 5.